The van der Waals surface area contributed by atoms with E-state index in [2.05, 4.69) is 10.5 Å². The highest BCUT2D eigenvalue weighted by Crippen LogP contribution is 2.29. The van der Waals surface area contributed by atoms with Gasteiger partial charge in [0.25, 0.3) is 0 Å². The fourth-order valence-corrected chi connectivity index (χ4v) is 0.736. The van der Waals surface area contributed by atoms with Gasteiger partial charge in [0.2, 0.25) is 0 Å². The Morgan fingerprint density at radius 2 is 2.30 bits per heavy atom. The third-order valence-electron chi connectivity index (χ3n) is 1.51. The van der Waals surface area contributed by atoms with Gasteiger partial charge >= 0.3 is 6.03 Å². The van der Waals surface area contributed by atoms with Crippen molar-refractivity contribution in [2.24, 2.45) is 16.8 Å². The van der Waals surface area contributed by atoms with Crippen LogP contribution in [0, 0.1) is 5.92 Å². The second-order valence-corrected chi connectivity index (χ2v) is 2.50. The average Bonchev–Trinajstić information content (AvgIpc) is 2.63. The van der Waals surface area contributed by atoms with Crippen LogP contribution in [0.3, 0.4) is 0 Å². The van der Waals surface area contributed by atoms with Crippen molar-refractivity contribution in [3.8, 4) is 0 Å². The molecule has 0 saturated heterocycles. The van der Waals surface area contributed by atoms with E-state index in [1.54, 1.807) is 0 Å². The van der Waals surface area contributed by atoms with Crippen LogP contribution >= 0.6 is 0 Å². The molecule has 1 saturated carbocycles. The first kappa shape index (κ1) is 7.05. The third-order valence-corrected chi connectivity index (χ3v) is 1.51. The fourth-order valence-electron chi connectivity index (χ4n) is 0.736. The summed E-state index contributed by atoms with van der Waals surface area (Å²) in [4.78, 5) is 10.2. The van der Waals surface area contributed by atoms with Gasteiger partial charge in [-0.25, -0.2) is 10.2 Å². The average molecular weight is 141 g/mol. The van der Waals surface area contributed by atoms with E-state index < -0.39 is 6.03 Å². The van der Waals surface area contributed by atoms with Crippen molar-refractivity contribution in [1.82, 2.24) is 5.43 Å². The molecule has 0 heterocycles. The number of nitrogens with zero attached hydrogens (tertiary/aromatic N) is 1. The van der Waals surface area contributed by atoms with E-state index in [1.807, 2.05) is 6.92 Å². The lowest BCUT2D eigenvalue weighted by molar-refractivity contribution is 0.249. The van der Waals surface area contributed by atoms with E-state index >= 15 is 0 Å². The van der Waals surface area contributed by atoms with Gasteiger partial charge in [-0.3, -0.25) is 0 Å². The third kappa shape index (κ3) is 2.05. The van der Waals surface area contributed by atoms with Gasteiger partial charge in [0.15, 0.2) is 0 Å². The summed E-state index contributed by atoms with van der Waals surface area (Å²) in [6.45, 7) is 1.90. The van der Waals surface area contributed by atoms with Crippen molar-refractivity contribution < 1.29 is 4.79 Å². The maximum absolute atomic E-state index is 10.2. The topological polar surface area (TPSA) is 67.5 Å². The highest BCUT2D eigenvalue weighted by atomic mass is 16.2. The minimum atomic E-state index is -0.597. The summed E-state index contributed by atoms with van der Waals surface area (Å²) in [6, 6.07) is -0.597. The van der Waals surface area contributed by atoms with E-state index in [0.717, 1.165) is 5.71 Å². The van der Waals surface area contributed by atoms with E-state index in [-0.39, 0.29) is 0 Å². The number of hydrazone groups is 1. The van der Waals surface area contributed by atoms with Gasteiger partial charge in [0.05, 0.1) is 0 Å². The summed E-state index contributed by atoms with van der Waals surface area (Å²) in [5.41, 5.74) is 7.97. The van der Waals surface area contributed by atoms with Crippen LogP contribution in [0.15, 0.2) is 5.10 Å². The molecule has 0 aliphatic heterocycles. The van der Waals surface area contributed by atoms with Crippen molar-refractivity contribution in [3.63, 3.8) is 0 Å². The summed E-state index contributed by atoms with van der Waals surface area (Å²) < 4.78 is 0. The van der Waals surface area contributed by atoms with E-state index in [4.69, 9.17) is 5.73 Å². The Morgan fingerprint density at radius 1 is 1.70 bits per heavy atom. The summed E-state index contributed by atoms with van der Waals surface area (Å²) in [6.07, 6.45) is 2.38. The van der Waals surface area contributed by atoms with Gasteiger partial charge in [-0.1, -0.05) is 0 Å². The Kier molecular flexibility index (Phi) is 1.89. The zero-order valence-corrected chi connectivity index (χ0v) is 5.92. The van der Waals surface area contributed by atoms with Crippen LogP contribution in [0.2, 0.25) is 0 Å². The predicted molar refractivity (Wildman–Crippen MR) is 38.6 cm³/mol. The number of amides is 2. The zero-order chi connectivity index (χ0) is 7.56. The van der Waals surface area contributed by atoms with Crippen molar-refractivity contribution in [2.75, 3.05) is 0 Å². The van der Waals surface area contributed by atoms with Crippen LogP contribution in [0.5, 0.6) is 0 Å². The molecule has 4 heteroatoms. The lowest BCUT2D eigenvalue weighted by atomic mass is 10.3. The number of rotatable bonds is 2. The molecule has 0 aromatic heterocycles. The van der Waals surface area contributed by atoms with Crippen LogP contribution in [0.25, 0.3) is 0 Å². The normalized spacial score (nSPS) is 18.7. The number of hydrogen-bond donors (Lipinski definition) is 2. The van der Waals surface area contributed by atoms with Gasteiger partial charge < -0.3 is 5.73 Å². The van der Waals surface area contributed by atoms with Crippen molar-refractivity contribution >= 4 is 11.7 Å². The number of carbonyl (C=O) groups is 1. The first-order chi connectivity index (χ1) is 4.70. The first-order valence-electron chi connectivity index (χ1n) is 3.30. The monoisotopic (exact) mass is 141 g/mol. The number of urea groups is 1. The molecule has 2 amide bonds. The van der Waals surface area contributed by atoms with Crippen molar-refractivity contribution in [1.29, 1.82) is 0 Å². The molecular formula is C6H11N3O. The minimum Gasteiger partial charge on any atom is -0.350 e. The Labute approximate surface area is 59.5 Å². The summed E-state index contributed by atoms with van der Waals surface area (Å²) >= 11 is 0. The van der Waals surface area contributed by atoms with Crippen LogP contribution in [-0.4, -0.2) is 11.7 Å². The van der Waals surface area contributed by atoms with Gasteiger partial charge in [-0.05, 0) is 25.7 Å². The SMILES string of the molecule is C/C(=N\NC(N)=O)C1CC1. The number of nitrogens with two attached hydrogens (primary N) is 1. The number of carbonyl (C=O) groups excluding carboxylic acids is 1. The van der Waals surface area contributed by atoms with Crippen LogP contribution in [0.1, 0.15) is 19.8 Å². The molecule has 1 aliphatic carbocycles. The molecule has 3 N–H and O–H groups in total. The number of nitrogens with one attached hydrogen (secondary N) is 1. The molecule has 1 rings (SSSR count). The second-order valence-electron chi connectivity index (χ2n) is 2.50. The molecule has 0 aromatic rings. The van der Waals surface area contributed by atoms with Crippen molar-refractivity contribution in [3.05, 3.63) is 0 Å². The molecule has 0 bridgehead atoms. The molecule has 0 unspecified atom stereocenters. The number of primary amides is 1. The van der Waals surface area contributed by atoms with Crippen LogP contribution < -0.4 is 11.2 Å². The Balaban J connectivity index is 2.30. The van der Waals surface area contributed by atoms with E-state index in [0.29, 0.717) is 5.92 Å². The maximum atomic E-state index is 10.2. The van der Waals surface area contributed by atoms with E-state index in [9.17, 15) is 4.79 Å². The van der Waals surface area contributed by atoms with Gasteiger partial charge in [0.1, 0.15) is 0 Å². The molecule has 1 aliphatic rings. The Hall–Kier alpha value is -1.06. The largest absolute Gasteiger partial charge is 0.350 e. The molecule has 0 atom stereocenters. The van der Waals surface area contributed by atoms with E-state index in [1.165, 1.54) is 12.8 Å². The molecule has 1 fully saturated rings. The standard InChI is InChI=1S/C6H11N3O/c1-4(5-2-3-5)8-9-6(7)10/h5H,2-3H2,1H3,(H3,7,9,10)/b8-4+. The van der Waals surface area contributed by atoms with Crippen LogP contribution in [-0.2, 0) is 0 Å². The smallest absolute Gasteiger partial charge is 0.332 e. The number of hydrogen-bond acceptors (Lipinski definition) is 2. The highest BCUT2D eigenvalue weighted by molar-refractivity contribution is 5.87. The molecule has 4 nitrogen and oxygen atoms in total. The minimum absolute atomic E-state index is 0.590. The van der Waals surface area contributed by atoms with Crippen LogP contribution in [0.4, 0.5) is 4.79 Å². The lowest BCUT2D eigenvalue weighted by Gasteiger charge is -1.95. The summed E-state index contributed by atoms with van der Waals surface area (Å²) in [5, 5.41) is 3.78. The molecular weight excluding hydrogens is 130 g/mol. The lowest BCUT2D eigenvalue weighted by Crippen LogP contribution is -2.25. The highest BCUT2D eigenvalue weighted by Gasteiger charge is 2.24. The maximum Gasteiger partial charge on any atom is 0.332 e. The quantitative estimate of drug-likeness (QED) is 0.425. The molecule has 0 aromatic carbocycles. The summed E-state index contributed by atoms with van der Waals surface area (Å²) in [7, 11) is 0. The van der Waals surface area contributed by atoms with Crippen molar-refractivity contribution in [2.45, 2.75) is 19.8 Å². The predicted octanol–water partition coefficient (Wildman–Crippen LogP) is 0.441. The fraction of sp³-hybridized carbons (Fsp3) is 0.667. The zero-order valence-electron chi connectivity index (χ0n) is 5.92. The van der Waals surface area contributed by atoms with Gasteiger partial charge in [-0.15, -0.1) is 0 Å². The van der Waals surface area contributed by atoms with Gasteiger partial charge in [0, 0.05) is 5.71 Å². The Morgan fingerprint density at radius 3 is 2.70 bits per heavy atom. The second kappa shape index (κ2) is 2.68. The van der Waals surface area contributed by atoms with Gasteiger partial charge in [-0.2, -0.15) is 5.10 Å². The Bertz CT molecular complexity index is 172. The first-order valence-corrected chi connectivity index (χ1v) is 3.30. The molecule has 56 valence electrons. The summed E-state index contributed by atoms with van der Waals surface area (Å²) in [5.74, 6) is 0.590. The molecule has 0 spiro atoms. The molecule has 10 heavy (non-hydrogen) atoms. The molecule has 0 radical (unpaired) electrons.